The number of nitrogens with zero attached hydrogens (tertiary/aromatic N) is 1. The molecule has 0 bridgehead atoms. The summed E-state index contributed by atoms with van der Waals surface area (Å²) < 4.78 is 6.19. The molecule has 0 fully saturated rings. The Morgan fingerprint density at radius 2 is 1.85 bits per heavy atom. The minimum Gasteiger partial charge on any atom is -0.459 e. The van der Waals surface area contributed by atoms with E-state index in [1.165, 1.54) is 6.26 Å². The third-order valence-corrected chi connectivity index (χ3v) is 4.95. The van der Waals surface area contributed by atoms with Crippen LogP contribution in [0, 0.1) is 0 Å². The van der Waals surface area contributed by atoms with Gasteiger partial charge in [-0.15, -0.1) is 11.3 Å². The zero-order valence-corrected chi connectivity index (χ0v) is 15.1. The minimum absolute atomic E-state index is 0.208. The standard InChI is InChI=1S/C19H13N3O2S2/c23-17(15-5-3-11-24-15)22-19(25)20-13-9-7-12(8-10-13)18-21-14-4-1-2-6-16(14)26-18/h1-11H,(H2,20,22,23,25). The van der Waals surface area contributed by atoms with Crippen LogP contribution in [-0.4, -0.2) is 16.0 Å². The molecular weight excluding hydrogens is 366 g/mol. The Kier molecular flexibility index (Phi) is 4.47. The number of carbonyl (C=O) groups excluding carboxylic acids is 1. The molecule has 0 unspecified atom stereocenters. The molecular formula is C19H13N3O2S2. The van der Waals surface area contributed by atoms with E-state index < -0.39 is 5.91 Å². The average molecular weight is 379 g/mol. The zero-order valence-electron chi connectivity index (χ0n) is 13.4. The van der Waals surface area contributed by atoms with Gasteiger partial charge in [-0.1, -0.05) is 12.1 Å². The van der Waals surface area contributed by atoms with Crippen molar-refractivity contribution in [2.24, 2.45) is 0 Å². The number of benzene rings is 2. The molecule has 0 aliphatic rings. The van der Waals surface area contributed by atoms with Crippen LogP contribution < -0.4 is 10.6 Å². The number of para-hydroxylation sites is 1. The van der Waals surface area contributed by atoms with Crippen LogP contribution in [0.3, 0.4) is 0 Å². The maximum atomic E-state index is 11.9. The molecule has 128 valence electrons. The normalized spacial score (nSPS) is 10.6. The highest BCUT2D eigenvalue weighted by atomic mass is 32.1. The first-order chi connectivity index (χ1) is 12.7. The fraction of sp³-hybridized carbons (Fsp3) is 0. The van der Waals surface area contributed by atoms with Crippen LogP contribution in [0.2, 0.25) is 0 Å². The predicted octanol–water partition coefficient (Wildman–Crippen LogP) is 4.68. The first kappa shape index (κ1) is 16.4. The lowest BCUT2D eigenvalue weighted by molar-refractivity contribution is 0.0950. The van der Waals surface area contributed by atoms with Crippen molar-refractivity contribution in [3.05, 3.63) is 72.7 Å². The lowest BCUT2D eigenvalue weighted by Crippen LogP contribution is -2.33. The second-order valence-corrected chi connectivity index (χ2v) is 6.89. The molecule has 4 aromatic rings. The van der Waals surface area contributed by atoms with Gasteiger partial charge in [-0.05, 0) is 60.7 Å². The predicted molar refractivity (Wildman–Crippen MR) is 107 cm³/mol. The molecule has 0 spiro atoms. The summed E-state index contributed by atoms with van der Waals surface area (Å²) in [6, 6.07) is 19.0. The highest BCUT2D eigenvalue weighted by Gasteiger charge is 2.10. The summed E-state index contributed by atoms with van der Waals surface area (Å²) in [4.78, 5) is 16.5. The van der Waals surface area contributed by atoms with Crippen LogP contribution in [0.15, 0.2) is 71.3 Å². The summed E-state index contributed by atoms with van der Waals surface area (Å²) in [6.07, 6.45) is 1.44. The van der Waals surface area contributed by atoms with Gasteiger partial charge in [0.25, 0.3) is 5.91 Å². The monoisotopic (exact) mass is 379 g/mol. The SMILES string of the molecule is O=C(NC(=S)Nc1ccc(-c2nc3ccccc3s2)cc1)c1ccco1. The molecule has 0 radical (unpaired) electrons. The maximum Gasteiger partial charge on any atom is 0.293 e. The number of aromatic nitrogens is 1. The molecule has 0 aliphatic carbocycles. The molecule has 1 amide bonds. The molecule has 0 saturated carbocycles. The van der Waals surface area contributed by atoms with Gasteiger partial charge < -0.3 is 9.73 Å². The second-order valence-electron chi connectivity index (χ2n) is 5.45. The van der Waals surface area contributed by atoms with Gasteiger partial charge in [0, 0.05) is 11.3 Å². The van der Waals surface area contributed by atoms with Gasteiger partial charge in [-0.2, -0.15) is 0 Å². The lowest BCUT2D eigenvalue weighted by Gasteiger charge is -2.08. The zero-order chi connectivity index (χ0) is 17.9. The lowest BCUT2D eigenvalue weighted by atomic mass is 10.2. The fourth-order valence-corrected chi connectivity index (χ4v) is 3.61. The number of thiocarbonyl (C=S) groups is 1. The highest BCUT2D eigenvalue weighted by molar-refractivity contribution is 7.80. The molecule has 0 aliphatic heterocycles. The quantitative estimate of drug-likeness (QED) is 0.506. The number of hydrogen-bond acceptors (Lipinski definition) is 5. The van der Waals surface area contributed by atoms with Crippen molar-refractivity contribution >= 4 is 50.5 Å². The van der Waals surface area contributed by atoms with Crippen LogP contribution in [-0.2, 0) is 0 Å². The maximum absolute atomic E-state index is 11.9. The van der Waals surface area contributed by atoms with E-state index in [1.54, 1.807) is 23.5 Å². The number of amides is 1. The largest absolute Gasteiger partial charge is 0.459 e. The molecule has 4 rings (SSSR count). The van der Waals surface area contributed by atoms with Gasteiger partial charge in [0.1, 0.15) is 5.01 Å². The number of hydrogen-bond donors (Lipinski definition) is 2. The van der Waals surface area contributed by atoms with Gasteiger partial charge in [0.2, 0.25) is 0 Å². The van der Waals surface area contributed by atoms with Gasteiger partial charge in [0.15, 0.2) is 10.9 Å². The Balaban J connectivity index is 1.44. The molecule has 2 heterocycles. The summed E-state index contributed by atoms with van der Waals surface area (Å²) in [7, 11) is 0. The van der Waals surface area contributed by atoms with E-state index in [-0.39, 0.29) is 10.9 Å². The van der Waals surface area contributed by atoms with Crippen LogP contribution >= 0.6 is 23.6 Å². The Hall–Kier alpha value is -3.03. The van der Waals surface area contributed by atoms with Crippen molar-refractivity contribution in [2.75, 3.05) is 5.32 Å². The summed E-state index contributed by atoms with van der Waals surface area (Å²) in [6.45, 7) is 0. The van der Waals surface area contributed by atoms with Crippen LogP contribution in [0.1, 0.15) is 10.6 Å². The van der Waals surface area contributed by atoms with Gasteiger partial charge in [-0.3, -0.25) is 10.1 Å². The van der Waals surface area contributed by atoms with E-state index in [9.17, 15) is 4.79 Å². The fourth-order valence-electron chi connectivity index (χ4n) is 2.43. The van der Waals surface area contributed by atoms with Crippen molar-refractivity contribution in [1.29, 1.82) is 0 Å². The van der Waals surface area contributed by atoms with E-state index in [0.29, 0.717) is 0 Å². The number of rotatable bonds is 3. The van der Waals surface area contributed by atoms with Gasteiger partial charge in [-0.25, -0.2) is 4.98 Å². The van der Waals surface area contributed by atoms with Crippen LogP contribution in [0.25, 0.3) is 20.8 Å². The first-order valence-corrected chi connectivity index (χ1v) is 9.03. The molecule has 2 aromatic carbocycles. The second kappa shape index (κ2) is 7.07. The van der Waals surface area contributed by atoms with E-state index >= 15 is 0 Å². The van der Waals surface area contributed by atoms with Crippen molar-refractivity contribution in [1.82, 2.24) is 10.3 Å². The van der Waals surface area contributed by atoms with Crippen molar-refractivity contribution < 1.29 is 9.21 Å². The Morgan fingerprint density at radius 1 is 1.04 bits per heavy atom. The molecule has 5 nitrogen and oxygen atoms in total. The number of nitrogens with one attached hydrogen (secondary N) is 2. The number of furan rings is 1. The summed E-state index contributed by atoms with van der Waals surface area (Å²) in [5.41, 5.74) is 2.80. The highest BCUT2D eigenvalue weighted by Crippen LogP contribution is 2.30. The molecule has 26 heavy (non-hydrogen) atoms. The molecule has 7 heteroatoms. The van der Waals surface area contributed by atoms with Gasteiger partial charge in [0.05, 0.1) is 16.5 Å². The average Bonchev–Trinajstić information content (AvgIpc) is 3.32. The summed E-state index contributed by atoms with van der Waals surface area (Å²) in [5.74, 6) is -0.182. The van der Waals surface area contributed by atoms with E-state index in [4.69, 9.17) is 16.6 Å². The Morgan fingerprint density at radius 3 is 2.58 bits per heavy atom. The molecule has 0 saturated heterocycles. The molecule has 0 atom stereocenters. The third-order valence-electron chi connectivity index (χ3n) is 3.66. The number of carbonyl (C=O) groups is 1. The topological polar surface area (TPSA) is 67.2 Å². The van der Waals surface area contributed by atoms with E-state index in [0.717, 1.165) is 26.5 Å². The summed E-state index contributed by atoms with van der Waals surface area (Å²) in [5, 5.41) is 6.72. The first-order valence-electron chi connectivity index (χ1n) is 7.81. The smallest absolute Gasteiger partial charge is 0.293 e. The molecule has 2 aromatic heterocycles. The molecule has 2 N–H and O–H groups in total. The Bertz CT molecular complexity index is 1040. The van der Waals surface area contributed by atoms with Crippen LogP contribution in [0.4, 0.5) is 5.69 Å². The number of anilines is 1. The van der Waals surface area contributed by atoms with Crippen molar-refractivity contribution in [3.8, 4) is 10.6 Å². The van der Waals surface area contributed by atoms with Crippen molar-refractivity contribution in [3.63, 3.8) is 0 Å². The number of fused-ring (bicyclic) bond motifs is 1. The third kappa shape index (κ3) is 3.49. The van der Waals surface area contributed by atoms with Crippen molar-refractivity contribution in [2.45, 2.75) is 0 Å². The van der Waals surface area contributed by atoms with Gasteiger partial charge >= 0.3 is 0 Å². The van der Waals surface area contributed by atoms with E-state index in [2.05, 4.69) is 21.7 Å². The summed E-state index contributed by atoms with van der Waals surface area (Å²) >= 11 is 6.81. The number of thiazole rings is 1. The Labute approximate surface area is 158 Å². The minimum atomic E-state index is -0.390. The van der Waals surface area contributed by atoms with Crippen LogP contribution in [0.5, 0.6) is 0 Å². The van der Waals surface area contributed by atoms with E-state index in [1.807, 2.05) is 42.5 Å².